The molecular formula is C15H17N2O3S2-. The van der Waals surface area contributed by atoms with Crippen molar-refractivity contribution in [3.05, 3.63) is 16.3 Å². The van der Waals surface area contributed by atoms with Crippen molar-refractivity contribution in [2.75, 3.05) is 5.75 Å². The van der Waals surface area contributed by atoms with Crippen molar-refractivity contribution in [2.45, 2.75) is 50.8 Å². The van der Waals surface area contributed by atoms with E-state index in [1.54, 1.807) is 11.3 Å². The number of aliphatic carboxylic acids is 1. The molecule has 0 N–H and O–H groups in total. The number of thiophene rings is 1. The van der Waals surface area contributed by atoms with Gasteiger partial charge in [0.25, 0.3) is 0 Å². The Hall–Kier alpha value is -1.18. The average molecular weight is 337 g/mol. The van der Waals surface area contributed by atoms with Gasteiger partial charge in [-0.25, -0.2) is 9.97 Å². The number of fused-ring (bicyclic) bond motifs is 3. The van der Waals surface area contributed by atoms with E-state index in [2.05, 4.69) is 23.8 Å². The van der Waals surface area contributed by atoms with E-state index in [0.717, 1.165) is 33.9 Å². The van der Waals surface area contributed by atoms with Gasteiger partial charge in [-0.05, 0) is 19.4 Å². The summed E-state index contributed by atoms with van der Waals surface area (Å²) >= 11 is 2.84. The Morgan fingerprint density at radius 1 is 1.45 bits per heavy atom. The summed E-state index contributed by atoms with van der Waals surface area (Å²) in [6.07, 6.45) is 1.51. The highest BCUT2D eigenvalue weighted by Gasteiger charge is 2.30. The molecule has 0 bridgehead atoms. The highest BCUT2D eigenvalue weighted by Crippen LogP contribution is 2.41. The van der Waals surface area contributed by atoms with Crippen LogP contribution in [0.2, 0.25) is 0 Å². The number of carboxylic acids is 1. The van der Waals surface area contributed by atoms with E-state index < -0.39 is 5.97 Å². The molecule has 22 heavy (non-hydrogen) atoms. The molecule has 2 aromatic heterocycles. The van der Waals surface area contributed by atoms with E-state index >= 15 is 0 Å². The van der Waals surface area contributed by atoms with Gasteiger partial charge in [0.05, 0.1) is 18.2 Å². The number of carboxylic acid groups (broad SMARTS) is 1. The second-order valence-corrected chi connectivity index (χ2v) is 7.92. The third-order valence-electron chi connectivity index (χ3n) is 3.59. The molecule has 1 aliphatic rings. The van der Waals surface area contributed by atoms with Crippen molar-refractivity contribution < 1.29 is 14.6 Å². The Morgan fingerprint density at radius 3 is 2.91 bits per heavy atom. The Bertz CT molecular complexity index is 740. The zero-order chi connectivity index (χ0) is 15.9. The third-order valence-corrected chi connectivity index (χ3v) is 5.63. The van der Waals surface area contributed by atoms with Crippen LogP contribution >= 0.6 is 23.1 Å². The van der Waals surface area contributed by atoms with Crippen LogP contribution in [0.1, 0.15) is 37.0 Å². The van der Waals surface area contributed by atoms with Crippen LogP contribution in [0.3, 0.4) is 0 Å². The van der Waals surface area contributed by atoms with E-state index in [4.69, 9.17) is 4.74 Å². The number of aromatic nitrogens is 2. The van der Waals surface area contributed by atoms with Crippen LogP contribution in [0.25, 0.3) is 10.2 Å². The molecule has 1 aliphatic heterocycles. The number of carbonyl (C=O) groups excluding carboxylic acids is 1. The molecule has 0 aliphatic carbocycles. The van der Waals surface area contributed by atoms with E-state index in [9.17, 15) is 9.90 Å². The molecule has 0 saturated heterocycles. The maximum atomic E-state index is 10.8. The number of rotatable bonds is 4. The minimum absolute atomic E-state index is 0.0974. The molecule has 0 aromatic carbocycles. The molecule has 0 amide bonds. The van der Waals surface area contributed by atoms with E-state index in [0.29, 0.717) is 6.61 Å². The zero-order valence-electron chi connectivity index (χ0n) is 12.8. The van der Waals surface area contributed by atoms with Crippen LogP contribution in [0, 0.1) is 0 Å². The highest BCUT2D eigenvalue weighted by atomic mass is 32.2. The Balaban J connectivity index is 2.14. The van der Waals surface area contributed by atoms with E-state index in [-0.39, 0.29) is 11.4 Å². The lowest BCUT2D eigenvalue weighted by atomic mass is 9.95. The van der Waals surface area contributed by atoms with Gasteiger partial charge in [0.1, 0.15) is 15.7 Å². The van der Waals surface area contributed by atoms with Gasteiger partial charge >= 0.3 is 0 Å². The Morgan fingerprint density at radius 2 is 2.23 bits per heavy atom. The number of carbonyl (C=O) groups is 1. The summed E-state index contributed by atoms with van der Waals surface area (Å²) in [5.74, 6) is -0.436. The van der Waals surface area contributed by atoms with Crippen molar-refractivity contribution in [2.24, 2.45) is 0 Å². The molecule has 0 saturated carbocycles. The summed E-state index contributed by atoms with van der Waals surface area (Å²) in [7, 11) is 0. The molecular weight excluding hydrogens is 320 g/mol. The standard InChI is InChI=1S/C15H18N2O3S2/c1-4-10-16-13(21-7-11(18)19)12-8-5-15(2,3)20-6-9(8)22-14(12)17-10/h4-7H2,1-3H3,(H,18,19)/p-1. The fourth-order valence-electron chi connectivity index (χ4n) is 2.54. The first-order valence-electron chi connectivity index (χ1n) is 7.17. The van der Waals surface area contributed by atoms with E-state index in [1.165, 1.54) is 22.2 Å². The molecule has 3 rings (SSSR count). The van der Waals surface area contributed by atoms with Crippen LogP contribution < -0.4 is 5.11 Å². The summed E-state index contributed by atoms with van der Waals surface area (Å²) in [6, 6.07) is 0. The number of thioether (sulfide) groups is 1. The first-order valence-corrected chi connectivity index (χ1v) is 8.97. The van der Waals surface area contributed by atoms with Gasteiger partial charge < -0.3 is 14.6 Å². The van der Waals surface area contributed by atoms with Gasteiger partial charge in [-0.3, -0.25) is 0 Å². The second-order valence-electron chi connectivity index (χ2n) is 5.87. The van der Waals surface area contributed by atoms with Crippen molar-refractivity contribution in [3.63, 3.8) is 0 Å². The predicted octanol–water partition coefficient (Wildman–Crippen LogP) is 1.95. The lowest BCUT2D eigenvalue weighted by molar-refractivity contribution is -0.301. The van der Waals surface area contributed by atoms with Gasteiger partial charge in [-0.2, -0.15) is 0 Å². The maximum absolute atomic E-state index is 10.8. The molecule has 0 radical (unpaired) electrons. The van der Waals surface area contributed by atoms with Gasteiger partial charge in [-0.15, -0.1) is 11.3 Å². The molecule has 118 valence electrons. The number of hydrogen-bond donors (Lipinski definition) is 0. The minimum Gasteiger partial charge on any atom is -0.549 e. The summed E-state index contributed by atoms with van der Waals surface area (Å²) < 4.78 is 5.87. The van der Waals surface area contributed by atoms with Crippen molar-refractivity contribution in [3.8, 4) is 0 Å². The molecule has 0 spiro atoms. The summed E-state index contributed by atoms with van der Waals surface area (Å²) in [5, 5.41) is 12.6. The van der Waals surface area contributed by atoms with E-state index in [1.807, 2.05) is 6.92 Å². The minimum atomic E-state index is -1.08. The maximum Gasteiger partial charge on any atom is 0.131 e. The average Bonchev–Trinajstić information content (AvgIpc) is 2.81. The van der Waals surface area contributed by atoms with Gasteiger partial charge in [-0.1, -0.05) is 18.7 Å². The van der Waals surface area contributed by atoms with Crippen molar-refractivity contribution in [1.29, 1.82) is 0 Å². The van der Waals surface area contributed by atoms with Crippen molar-refractivity contribution >= 4 is 39.3 Å². The predicted molar refractivity (Wildman–Crippen MR) is 85.1 cm³/mol. The monoisotopic (exact) mass is 337 g/mol. The Labute approximate surface area is 137 Å². The number of hydrogen-bond acceptors (Lipinski definition) is 7. The highest BCUT2D eigenvalue weighted by molar-refractivity contribution is 8.00. The molecule has 0 fully saturated rings. The van der Waals surface area contributed by atoms with Crippen molar-refractivity contribution in [1.82, 2.24) is 9.97 Å². The molecule has 0 atom stereocenters. The zero-order valence-corrected chi connectivity index (χ0v) is 14.4. The largest absolute Gasteiger partial charge is 0.549 e. The number of ether oxygens (including phenoxy) is 1. The Kier molecular flexibility index (Phi) is 4.13. The fourth-order valence-corrected chi connectivity index (χ4v) is 4.52. The smallest absolute Gasteiger partial charge is 0.131 e. The topological polar surface area (TPSA) is 75.1 Å². The van der Waals surface area contributed by atoms with Crippen LogP contribution in [0.5, 0.6) is 0 Å². The van der Waals surface area contributed by atoms with Crippen LogP contribution in [-0.2, 0) is 29.0 Å². The lowest BCUT2D eigenvalue weighted by Crippen LogP contribution is -2.31. The summed E-state index contributed by atoms with van der Waals surface area (Å²) in [5.41, 5.74) is 0.987. The molecule has 3 heterocycles. The third kappa shape index (κ3) is 2.98. The summed E-state index contributed by atoms with van der Waals surface area (Å²) in [4.78, 5) is 22.1. The van der Waals surface area contributed by atoms with Crippen LogP contribution in [0.15, 0.2) is 5.03 Å². The molecule has 2 aromatic rings. The van der Waals surface area contributed by atoms with Crippen LogP contribution in [-0.4, -0.2) is 27.3 Å². The summed E-state index contributed by atoms with van der Waals surface area (Å²) in [6.45, 7) is 6.70. The van der Waals surface area contributed by atoms with Gasteiger partial charge in [0, 0.05) is 28.9 Å². The van der Waals surface area contributed by atoms with Gasteiger partial charge in [0.15, 0.2) is 0 Å². The quantitative estimate of drug-likeness (QED) is 0.627. The van der Waals surface area contributed by atoms with Crippen LogP contribution in [0.4, 0.5) is 0 Å². The number of aryl methyl sites for hydroxylation is 1. The fraction of sp³-hybridized carbons (Fsp3) is 0.533. The normalized spacial score (nSPS) is 16.7. The van der Waals surface area contributed by atoms with Gasteiger partial charge in [0.2, 0.25) is 0 Å². The first kappa shape index (κ1) is 15.7. The SMILES string of the molecule is CCc1nc(SCC(=O)[O-])c2c3c(sc2n1)COC(C)(C)C3. The number of nitrogens with zero attached hydrogens (tertiary/aromatic N) is 2. The molecule has 5 nitrogen and oxygen atoms in total. The molecule has 0 unspecified atom stereocenters. The second kappa shape index (κ2) is 5.79. The lowest BCUT2D eigenvalue weighted by Gasteiger charge is -2.30. The molecule has 7 heteroatoms. The first-order chi connectivity index (χ1) is 10.4.